The lowest BCUT2D eigenvalue weighted by Crippen LogP contribution is -2.29. The highest BCUT2D eigenvalue weighted by atomic mass is 35.5. The summed E-state index contributed by atoms with van der Waals surface area (Å²) < 4.78 is 4.02. The number of hydrogen-bond donors (Lipinski definition) is 1. The van der Waals surface area contributed by atoms with E-state index in [4.69, 9.17) is 11.6 Å². The van der Waals surface area contributed by atoms with E-state index < -0.39 is 0 Å². The molecule has 0 unspecified atom stereocenters. The van der Waals surface area contributed by atoms with Crippen LogP contribution >= 0.6 is 11.6 Å². The third-order valence-electron chi connectivity index (χ3n) is 4.62. The molecule has 0 spiro atoms. The third kappa shape index (κ3) is 5.47. The van der Waals surface area contributed by atoms with Crippen LogP contribution in [0.3, 0.4) is 0 Å². The summed E-state index contributed by atoms with van der Waals surface area (Å²) in [6.07, 6.45) is 4.46. The van der Waals surface area contributed by atoms with Gasteiger partial charge >= 0.3 is 0 Å². The number of aryl methyl sites for hydroxylation is 2. The van der Waals surface area contributed by atoms with Crippen molar-refractivity contribution >= 4 is 17.5 Å². The van der Waals surface area contributed by atoms with Crippen molar-refractivity contribution < 1.29 is 4.79 Å². The van der Waals surface area contributed by atoms with Gasteiger partial charge in [-0.25, -0.2) is 0 Å². The van der Waals surface area contributed by atoms with Gasteiger partial charge in [-0.05, 0) is 49.7 Å². The lowest BCUT2D eigenvalue weighted by Gasteiger charge is -2.18. The largest absolute Gasteiger partial charge is 0.354 e. The predicted molar refractivity (Wildman–Crippen MR) is 108 cm³/mol. The molecule has 142 valence electrons. The Labute approximate surface area is 165 Å². The highest BCUT2D eigenvalue weighted by Crippen LogP contribution is 2.23. The molecule has 0 saturated heterocycles. The van der Waals surface area contributed by atoms with Gasteiger partial charge in [0.25, 0.3) is 0 Å². The number of carbonyl (C=O) groups excluding carboxylic acids is 1. The summed E-state index contributed by atoms with van der Waals surface area (Å²) in [6.45, 7) is 5.99. The third-order valence-corrected chi connectivity index (χ3v) is 4.87. The van der Waals surface area contributed by atoms with Crippen molar-refractivity contribution in [1.29, 1.82) is 0 Å². The molecule has 1 amide bonds. The minimum Gasteiger partial charge on any atom is -0.354 e. The van der Waals surface area contributed by atoms with Crippen molar-refractivity contribution in [1.82, 2.24) is 19.7 Å². The molecule has 2 heterocycles. The van der Waals surface area contributed by atoms with Crippen LogP contribution in [0.25, 0.3) is 0 Å². The first-order valence-electron chi connectivity index (χ1n) is 9.15. The number of rotatable bonds is 8. The maximum Gasteiger partial charge on any atom is 0.220 e. The molecule has 3 rings (SSSR count). The maximum absolute atomic E-state index is 12.5. The summed E-state index contributed by atoms with van der Waals surface area (Å²) in [4.78, 5) is 12.5. The molecule has 0 aliphatic carbocycles. The monoisotopic (exact) mass is 384 g/mol. The number of amides is 1. The summed E-state index contributed by atoms with van der Waals surface area (Å²) in [5, 5.41) is 8.15. The molecule has 0 aliphatic heterocycles. The zero-order valence-corrected chi connectivity index (χ0v) is 16.5. The minimum absolute atomic E-state index is 0.0450. The SMILES string of the molecule is Cc1cc(C)n(CCNC(=O)C[C@@H](Cn2cccc2)c2ccc(Cl)cc2)n1. The van der Waals surface area contributed by atoms with E-state index in [1.165, 1.54) is 0 Å². The minimum atomic E-state index is 0.0450. The molecule has 0 bridgehead atoms. The van der Waals surface area contributed by atoms with Crippen molar-refractivity contribution in [3.05, 3.63) is 76.8 Å². The molecular formula is C21H25ClN4O. The summed E-state index contributed by atoms with van der Waals surface area (Å²) >= 11 is 6.01. The number of aromatic nitrogens is 3. The van der Waals surface area contributed by atoms with Gasteiger partial charge in [0.15, 0.2) is 0 Å². The van der Waals surface area contributed by atoms with E-state index in [9.17, 15) is 4.79 Å². The molecule has 1 atom stereocenters. The topological polar surface area (TPSA) is 51.9 Å². The van der Waals surface area contributed by atoms with Gasteiger partial charge in [0.2, 0.25) is 5.91 Å². The Bertz CT molecular complexity index is 868. The molecule has 0 radical (unpaired) electrons. The lowest BCUT2D eigenvalue weighted by atomic mass is 9.95. The summed E-state index contributed by atoms with van der Waals surface area (Å²) in [5.74, 6) is 0.131. The highest BCUT2D eigenvalue weighted by molar-refractivity contribution is 6.30. The maximum atomic E-state index is 12.5. The number of nitrogens with one attached hydrogen (secondary N) is 1. The van der Waals surface area contributed by atoms with Crippen LogP contribution in [0, 0.1) is 13.8 Å². The molecule has 0 saturated carbocycles. The Morgan fingerprint density at radius 1 is 1.19 bits per heavy atom. The van der Waals surface area contributed by atoms with Crippen LogP contribution in [0.4, 0.5) is 0 Å². The van der Waals surface area contributed by atoms with Crippen LogP contribution in [-0.2, 0) is 17.9 Å². The van der Waals surface area contributed by atoms with Crippen molar-refractivity contribution in [2.24, 2.45) is 0 Å². The standard InChI is InChI=1S/C21H25ClN4O/c1-16-13-17(2)26(24-16)12-9-23-21(27)14-19(15-25-10-3-4-11-25)18-5-7-20(22)8-6-18/h3-8,10-11,13,19H,9,12,14-15H2,1-2H3,(H,23,27)/t19-/m0/s1. The first kappa shape index (κ1) is 19.2. The fourth-order valence-electron chi connectivity index (χ4n) is 3.27. The quantitative estimate of drug-likeness (QED) is 0.639. The molecule has 2 aromatic heterocycles. The van der Waals surface area contributed by atoms with Crippen molar-refractivity contribution in [2.45, 2.75) is 39.3 Å². The summed E-state index contributed by atoms with van der Waals surface area (Å²) in [7, 11) is 0. The Morgan fingerprint density at radius 3 is 2.52 bits per heavy atom. The average molecular weight is 385 g/mol. The molecule has 3 aromatic rings. The van der Waals surface area contributed by atoms with Crippen molar-refractivity contribution in [3.63, 3.8) is 0 Å². The van der Waals surface area contributed by atoms with Crippen LogP contribution in [0.1, 0.15) is 29.3 Å². The van der Waals surface area contributed by atoms with Crippen LogP contribution in [-0.4, -0.2) is 26.8 Å². The molecule has 27 heavy (non-hydrogen) atoms. The molecule has 0 aliphatic rings. The fourth-order valence-corrected chi connectivity index (χ4v) is 3.39. The second-order valence-electron chi connectivity index (χ2n) is 6.83. The zero-order valence-electron chi connectivity index (χ0n) is 15.7. The van der Waals surface area contributed by atoms with Crippen LogP contribution in [0.2, 0.25) is 5.02 Å². The van der Waals surface area contributed by atoms with Gasteiger partial charge in [0.05, 0.1) is 12.2 Å². The average Bonchev–Trinajstić information content (AvgIpc) is 3.24. The van der Waals surface area contributed by atoms with Gasteiger partial charge < -0.3 is 9.88 Å². The van der Waals surface area contributed by atoms with E-state index in [0.717, 1.165) is 23.5 Å². The van der Waals surface area contributed by atoms with Gasteiger partial charge in [-0.2, -0.15) is 5.10 Å². The normalized spacial score (nSPS) is 12.1. The number of benzene rings is 1. The lowest BCUT2D eigenvalue weighted by molar-refractivity contribution is -0.121. The fraction of sp³-hybridized carbons (Fsp3) is 0.333. The highest BCUT2D eigenvalue weighted by Gasteiger charge is 2.17. The summed E-state index contributed by atoms with van der Waals surface area (Å²) in [6, 6.07) is 13.8. The second-order valence-corrected chi connectivity index (χ2v) is 7.27. The number of nitrogens with zero attached hydrogens (tertiary/aromatic N) is 3. The van der Waals surface area contributed by atoms with E-state index in [2.05, 4.69) is 15.0 Å². The molecule has 6 heteroatoms. The van der Waals surface area contributed by atoms with Crippen LogP contribution in [0.5, 0.6) is 0 Å². The van der Waals surface area contributed by atoms with E-state index in [1.54, 1.807) is 0 Å². The molecule has 1 N–H and O–H groups in total. The van der Waals surface area contributed by atoms with Crippen LogP contribution in [0.15, 0.2) is 54.9 Å². The first-order chi connectivity index (χ1) is 13.0. The molecular weight excluding hydrogens is 360 g/mol. The summed E-state index contributed by atoms with van der Waals surface area (Å²) in [5.41, 5.74) is 3.21. The van der Waals surface area contributed by atoms with Gasteiger partial charge in [0, 0.05) is 48.5 Å². The van der Waals surface area contributed by atoms with E-state index >= 15 is 0 Å². The predicted octanol–water partition coefficient (Wildman–Crippen LogP) is 3.95. The van der Waals surface area contributed by atoms with Crippen molar-refractivity contribution in [3.8, 4) is 0 Å². The number of carbonyl (C=O) groups is 1. The Kier molecular flexibility index (Phi) is 6.35. The number of hydrogen-bond acceptors (Lipinski definition) is 2. The van der Waals surface area contributed by atoms with Crippen molar-refractivity contribution in [2.75, 3.05) is 6.54 Å². The molecule has 0 fully saturated rings. The number of halogens is 1. The molecule has 1 aromatic carbocycles. The second kappa shape index (κ2) is 8.91. The van der Waals surface area contributed by atoms with E-state index in [0.29, 0.717) is 24.5 Å². The Morgan fingerprint density at radius 2 is 1.89 bits per heavy atom. The smallest absolute Gasteiger partial charge is 0.220 e. The Hall–Kier alpha value is -2.53. The van der Waals surface area contributed by atoms with Gasteiger partial charge in [0.1, 0.15) is 0 Å². The van der Waals surface area contributed by atoms with Gasteiger partial charge in [-0.3, -0.25) is 9.48 Å². The first-order valence-corrected chi connectivity index (χ1v) is 9.53. The Balaban J connectivity index is 1.59. The van der Waals surface area contributed by atoms with E-state index in [-0.39, 0.29) is 11.8 Å². The zero-order chi connectivity index (χ0) is 19.2. The van der Waals surface area contributed by atoms with Gasteiger partial charge in [-0.15, -0.1) is 0 Å². The van der Waals surface area contributed by atoms with Gasteiger partial charge in [-0.1, -0.05) is 23.7 Å². The van der Waals surface area contributed by atoms with E-state index in [1.807, 2.05) is 73.4 Å². The molecule has 5 nitrogen and oxygen atoms in total. The van der Waals surface area contributed by atoms with Crippen LogP contribution < -0.4 is 5.32 Å².